The van der Waals surface area contributed by atoms with E-state index < -0.39 is 24.0 Å². The zero-order valence-corrected chi connectivity index (χ0v) is 10.6. The van der Waals surface area contributed by atoms with E-state index in [1.54, 1.807) is 21.0 Å². The molecule has 0 aliphatic carbocycles. The van der Waals surface area contributed by atoms with Crippen LogP contribution in [0.25, 0.3) is 0 Å². The number of amides is 1. The van der Waals surface area contributed by atoms with Gasteiger partial charge in [-0.2, -0.15) is 0 Å². The Balaban J connectivity index is 4.16. The fraction of sp³-hybridized carbons (Fsp3) is 0.818. The Morgan fingerprint density at radius 2 is 2.00 bits per heavy atom. The number of carbonyl (C=O) groups excluding carboxylic acids is 1. The number of carboxylic acids is 1. The van der Waals surface area contributed by atoms with E-state index in [0.29, 0.717) is 19.4 Å². The molecule has 0 aliphatic rings. The molecule has 100 valence electrons. The van der Waals surface area contributed by atoms with E-state index >= 15 is 0 Å². The molecule has 0 aromatic rings. The maximum Gasteiger partial charge on any atom is 0.326 e. The number of carboxylic acid groups (broad SMARTS) is 1. The Morgan fingerprint density at radius 3 is 2.41 bits per heavy atom. The van der Waals surface area contributed by atoms with Crippen LogP contribution in [-0.4, -0.2) is 42.8 Å². The monoisotopic (exact) mass is 246 g/mol. The van der Waals surface area contributed by atoms with Gasteiger partial charge < -0.3 is 20.9 Å². The van der Waals surface area contributed by atoms with Gasteiger partial charge in [-0.05, 0) is 18.8 Å². The predicted molar refractivity (Wildman–Crippen MR) is 63.5 cm³/mol. The third-order valence-corrected chi connectivity index (χ3v) is 2.43. The topological polar surface area (TPSA) is 102 Å². The summed E-state index contributed by atoms with van der Waals surface area (Å²) in [6.07, 6.45) is 1.15. The second-order valence-electron chi connectivity index (χ2n) is 4.31. The van der Waals surface area contributed by atoms with Crippen molar-refractivity contribution in [3.05, 3.63) is 0 Å². The van der Waals surface area contributed by atoms with Gasteiger partial charge in [-0.25, -0.2) is 4.79 Å². The summed E-state index contributed by atoms with van der Waals surface area (Å²) in [6.45, 7) is 4.00. The minimum Gasteiger partial charge on any atom is -0.480 e. The highest BCUT2D eigenvalue weighted by atomic mass is 16.5. The van der Waals surface area contributed by atoms with Crippen molar-refractivity contribution in [3.8, 4) is 0 Å². The van der Waals surface area contributed by atoms with E-state index in [1.807, 2.05) is 0 Å². The van der Waals surface area contributed by atoms with Crippen molar-refractivity contribution >= 4 is 11.9 Å². The van der Waals surface area contributed by atoms with Gasteiger partial charge >= 0.3 is 5.97 Å². The van der Waals surface area contributed by atoms with E-state index in [4.69, 9.17) is 15.6 Å². The van der Waals surface area contributed by atoms with E-state index in [2.05, 4.69) is 5.32 Å². The highest BCUT2D eigenvalue weighted by Gasteiger charge is 2.25. The Morgan fingerprint density at radius 1 is 1.41 bits per heavy atom. The van der Waals surface area contributed by atoms with Crippen LogP contribution in [0.3, 0.4) is 0 Å². The number of nitrogens with one attached hydrogen (secondary N) is 1. The Hall–Kier alpha value is -1.14. The fourth-order valence-electron chi connectivity index (χ4n) is 1.35. The van der Waals surface area contributed by atoms with Gasteiger partial charge in [0.25, 0.3) is 0 Å². The van der Waals surface area contributed by atoms with Gasteiger partial charge in [-0.15, -0.1) is 0 Å². The fourth-order valence-corrected chi connectivity index (χ4v) is 1.35. The van der Waals surface area contributed by atoms with Gasteiger partial charge in [0, 0.05) is 13.7 Å². The molecule has 17 heavy (non-hydrogen) atoms. The molecule has 4 N–H and O–H groups in total. The SMILES string of the molecule is COCCCC(N)C(=O)NC(C(=O)O)C(C)C. The average molecular weight is 246 g/mol. The molecule has 0 spiro atoms. The summed E-state index contributed by atoms with van der Waals surface area (Å²) in [7, 11) is 1.57. The normalized spacial score (nSPS) is 14.4. The van der Waals surface area contributed by atoms with Crippen molar-refractivity contribution in [3.63, 3.8) is 0 Å². The molecule has 0 bridgehead atoms. The van der Waals surface area contributed by atoms with Crippen LogP contribution >= 0.6 is 0 Å². The number of carbonyl (C=O) groups is 2. The number of hydrogen-bond acceptors (Lipinski definition) is 4. The third kappa shape index (κ3) is 6.23. The second-order valence-corrected chi connectivity index (χ2v) is 4.31. The Kier molecular flexibility index (Phi) is 7.49. The first-order valence-corrected chi connectivity index (χ1v) is 5.67. The zero-order chi connectivity index (χ0) is 13.4. The quantitative estimate of drug-likeness (QED) is 0.522. The summed E-state index contributed by atoms with van der Waals surface area (Å²) in [4.78, 5) is 22.5. The smallest absolute Gasteiger partial charge is 0.326 e. The molecular weight excluding hydrogens is 224 g/mol. The van der Waals surface area contributed by atoms with Crippen LogP contribution < -0.4 is 11.1 Å². The molecule has 0 radical (unpaired) electrons. The molecule has 6 heteroatoms. The van der Waals surface area contributed by atoms with Gasteiger partial charge in [-0.3, -0.25) is 4.79 Å². The number of aliphatic carboxylic acids is 1. The van der Waals surface area contributed by atoms with Crippen LogP contribution in [0.1, 0.15) is 26.7 Å². The van der Waals surface area contributed by atoms with Gasteiger partial charge in [0.2, 0.25) is 5.91 Å². The van der Waals surface area contributed by atoms with E-state index in [1.165, 1.54) is 0 Å². The number of nitrogens with two attached hydrogens (primary N) is 1. The minimum atomic E-state index is -1.04. The third-order valence-electron chi connectivity index (χ3n) is 2.43. The van der Waals surface area contributed by atoms with Crippen molar-refractivity contribution in [2.45, 2.75) is 38.8 Å². The van der Waals surface area contributed by atoms with Crippen LogP contribution in [0, 0.1) is 5.92 Å². The van der Waals surface area contributed by atoms with Crippen molar-refractivity contribution in [1.29, 1.82) is 0 Å². The van der Waals surface area contributed by atoms with Crippen LogP contribution in [-0.2, 0) is 14.3 Å². The lowest BCUT2D eigenvalue weighted by molar-refractivity contribution is -0.143. The van der Waals surface area contributed by atoms with Crippen molar-refractivity contribution in [1.82, 2.24) is 5.32 Å². The lowest BCUT2D eigenvalue weighted by atomic mass is 10.0. The molecule has 0 aromatic carbocycles. The summed E-state index contributed by atoms with van der Waals surface area (Å²) >= 11 is 0. The first-order valence-electron chi connectivity index (χ1n) is 5.67. The molecule has 6 nitrogen and oxygen atoms in total. The molecule has 1 amide bonds. The molecule has 0 aliphatic heterocycles. The number of methoxy groups -OCH3 is 1. The lowest BCUT2D eigenvalue weighted by Crippen LogP contribution is -2.50. The maximum atomic E-state index is 11.6. The van der Waals surface area contributed by atoms with Crippen molar-refractivity contribution in [2.75, 3.05) is 13.7 Å². The highest BCUT2D eigenvalue weighted by molar-refractivity contribution is 5.86. The van der Waals surface area contributed by atoms with Crippen LogP contribution in [0.5, 0.6) is 0 Å². The van der Waals surface area contributed by atoms with Gasteiger partial charge in [0.1, 0.15) is 6.04 Å². The largest absolute Gasteiger partial charge is 0.480 e. The lowest BCUT2D eigenvalue weighted by Gasteiger charge is -2.20. The van der Waals surface area contributed by atoms with E-state index in [-0.39, 0.29) is 5.92 Å². The highest BCUT2D eigenvalue weighted by Crippen LogP contribution is 2.03. The van der Waals surface area contributed by atoms with E-state index in [0.717, 1.165) is 0 Å². The van der Waals surface area contributed by atoms with Crippen molar-refractivity contribution < 1.29 is 19.4 Å². The van der Waals surface area contributed by atoms with Gasteiger partial charge in [0.05, 0.1) is 6.04 Å². The first-order chi connectivity index (χ1) is 7.90. The molecule has 2 unspecified atom stereocenters. The van der Waals surface area contributed by atoms with Crippen LogP contribution in [0.4, 0.5) is 0 Å². The summed E-state index contributed by atoms with van der Waals surface area (Å²) in [5.74, 6) is -1.65. The maximum absolute atomic E-state index is 11.6. The van der Waals surface area contributed by atoms with Gasteiger partial charge in [0.15, 0.2) is 0 Å². The number of rotatable bonds is 8. The molecule has 0 saturated carbocycles. The Labute approximate surface area is 102 Å². The molecule has 0 aromatic heterocycles. The van der Waals surface area contributed by atoms with Crippen LogP contribution in [0.15, 0.2) is 0 Å². The number of hydrogen-bond donors (Lipinski definition) is 3. The summed E-state index contributed by atoms with van der Waals surface area (Å²) in [5.41, 5.74) is 5.65. The summed E-state index contributed by atoms with van der Waals surface area (Å²) in [6, 6.07) is -1.58. The minimum absolute atomic E-state index is 0.178. The molecule has 0 fully saturated rings. The standard InChI is InChI=1S/C11H22N2O4/c1-7(2)9(11(15)16)13-10(14)8(12)5-4-6-17-3/h7-9H,4-6,12H2,1-3H3,(H,13,14)(H,15,16). The van der Waals surface area contributed by atoms with E-state index in [9.17, 15) is 9.59 Å². The summed E-state index contributed by atoms with van der Waals surface area (Å²) < 4.78 is 4.85. The number of ether oxygens (including phenoxy) is 1. The Bertz CT molecular complexity index is 256. The first kappa shape index (κ1) is 15.9. The summed E-state index contributed by atoms with van der Waals surface area (Å²) in [5, 5.41) is 11.4. The molecule has 0 heterocycles. The molecular formula is C11H22N2O4. The predicted octanol–water partition coefficient (Wildman–Crippen LogP) is -0.0343. The van der Waals surface area contributed by atoms with Crippen molar-refractivity contribution in [2.24, 2.45) is 11.7 Å². The molecule has 0 rings (SSSR count). The molecule has 2 atom stereocenters. The average Bonchev–Trinajstić information content (AvgIpc) is 2.24. The molecule has 0 saturated heterocycles. The van der Waals surface area contributed by atoms with Crippen LogP contribution in [0.2, 0.25) is 0 Å². The zero-order valence-electron chi connectivity index (χ0n) is 10.6. The van der Waals surface area contributed by atoms with Gasteiger partial charge in [-0.1, -0.05) is 13.8 Å². The second kappa shape index (κ2) is 8.03.